The van der Waals surface area contributed by atoms with Gasteiger partial charge in [-0.15, -0.1) is 0 Å². The number of anilines is 1. The number of methoxy groups -OCH3 is 1. The van der Waals surface area contributed by atoms with Gasteiger partial charge in [0.2, 0.25) is 5.91 Å². The third-order valence-electron chi connectivity index (χ3n) is 7.88. The van der Waals surface area contributed by atoms with E-state index >= 15 is 0 Å². The van der Waals surface area contributed by atoms with Crippen molar-refractivity contribution in [2.75, 3.05) is 38.0 Å². The monoisotopic (exact) mass is 501 g/mol. The van der Waals surface area contributed by atoms with Crippen molar-refractivity contribution in [2.24, 2.45) is 5.92 Å². The van der Waals surface area contributed by atoms with Crippen LogP contribution in [0.3, 0.4) is 0 Å². The van der Waals surface area contributed by atoms with Crippen LogP contribution in [-0.2, 0) is 21.4 Å². The Kier molecular flexibility index (Phi) is 6.35. The van der Waals surface area contributed by atoms with Gasteiger partial charge in [0.05, 0.1) is 31.1 Å². The second kappa shape index (κ2) is 9.31. The first-order chi connectivity index (χ1) is 16.7. The molecule has 3 atom stereocenters. The Labute approximate surface area is 205 Å². The van der Waals surface area contributed by atoms with Gasteiger partial charge in [0.1, 0.15) is 11.4 Å². The van der Waals surface area contributed by atoms with E-state index in [1.54, 1.807) is 34.6 Å². The zero-order valence-electron chi connectivity index (χ0n) is 20.2. The van der Waals surface area contributed by atoms with E-state index in [1.807, 2.05) is 11.0 Å². The summed E-state index contributed by atoms with van der Waals surface area (Å²) in [6.07, 6.45) is 3.10. The minimum Gasteiger partial charge on any atom is -0.497 e. The predicted octanol–water partition coefficient (Wildman–Crippen LogP) is 0.671. The van der Waals surface area contributed by atoms with E-state index in [4.69, 9.17) is 4.74 Å². The summed E-state index contributed by atoms with van der Waals surface area (Å²) in [6.45, 7) is 5.88. The number of quaternary nitrogens is 1. The number of hydrogen-bond acceptors (Lipinski definition) is 5. The Balaban J connectivity index is 1.33. The Morgan fingerprint density at radius 1 is 1.09 bits per heavy atom. The van der Waals surface area contributed by atoms with E-state index in [0.29, 0.717) is 24.3 Å². The molecule has 0 spiro atoms. The number of nitrogens with zero attached hydrogens (tertiary/aromatic N) is 2. The second-order valence-corrected chi connectivity index (χ2v) is 11.7. The Morgan fingerprint density at radius 2 is 1.80 bits per heavy atom. The number of pyridine rings is 1. The van der Waals surface area contributed by atoms with Gasteiger partial charge in [-0.2, -0.15) is 0 Å². The van der Waals surface area contributed by atoms with Gasteiger partial charge in [-0.1, -0.05) is 0 Å². The Bertz CT molecular complexity index is 1270. The average molecular weight is 502 g/mol. The fourth-order valence-electron chi connectivity index (χ4n) is 6.07. The molecule has 9 nitrogen and oxygen atoms in total. The molecule has 2 N–H and O–H groups in total. The van der Waals surface area contributed by atoms with Crippen LogP contribution < -0.4 is 19.9 Å². The number of sulfonamides is 1. The standard InChI is InChI=1S/C25H32N4O5S/c1-17(30)27-11-9-20(10-12-27)28-14-18-13-19(16-28)24-8-7-23(25(31)29(24)15-18)26-35(32,33)22-5-3-21(34-2)4-6-22/h3-8,18-20,26H,9-16H2,1-2H3/p+1/t18-,19+/m0/s1. The summed E-state index contributed by atoms with van der Waals surface area (Å²) >= 11 is 0. The van der Waals surface area contributed by atoms with Crippen LogP contribution in [0.2, 0.25) is 0 Å². The fourth-order valence-corrected chi connectivity index (χ4v) is 7.13. The number of fused-ring (bicyclic) bond motifs is 4. The highest BCUT2D eigenvalue weighted by Crippen LogP contribution is 2.31. The van der Waals surface area contributed by atoms with Gasteiger partial charge in [-0.3, -0.25) is 14.3 Å². The molecular weight excluding hydrogens is 468 g/mol. The van der Waals surface area contributed by atoms with Crippen LogP contribution >= 0.6 is 0 Å². The molecule has 3 aliphatic heterocycles. The van der Waals surface area contributed by atoms with Crippen molar-refractivity contribution >= 4 is 21.6 Å². The van der Waals surface area contributed by atoms with Crippen molar-refractivity contribution in [3.63, 3.8) is 0 Å². The van der Waals surface area contributed by atoms with Crippen molar-refractivity contribution < 1.29 is 22.8 Å². The first kappa shape index (κ1) is 23.9. The van der Waals surface area contributed by atoms with E-state index in [0.717, 1.165) is 51.1 Å². The molecule has 0 aliphatic carbocycles. The topological polar surface area (TPSA) is 102 Å². The van der Waals surface area contributed by atoms with E-state index < -0.39 is 10.0 Å². The van der Waals surface area contributed by atoms with Gasteiger partial charge in [-0.25, -0.2) is 8.42 Å². The first-order valence-electron chi connectivity index (χ1n) is 12.3. The summed E-state index contributed by atoms with van der Waals surface area (Å²) in [5.74, 6) is 1.38. The van der Waals surface area contributed by atoms with Crippen LogP contribution in [0.5, 0.6) is 5.75 Å². The number of benzene rings is 1. The number of nitrogens with one attached hydrogen (secondary N) is 2. The highest BCUT2D eigenvalue weighted by Gasteiger charge is 2.41. The molecule has 0 radical (unpaired) electrons. The normalized spacial score (nSPS) is 24.5. The van der Waals surface area contributed by atoms with Gasteiger partial charge in [-0.05, 0) is 42.8 Å². The quantitative estimate of drug-likeness (QED) is 0.627. The smallest absolute Gasteiger partial charge is 0.275 e. The number of hydrogen-bond donors (Lipinski definition) is 2. The molecule has 2 bridgehead atoms. The lowest BCUT2D eigenvalue weighted by Gasteiger charge is -2.45. The van der Waals surface area contributed by atoms with E-state index in [-0.39, 0.29) is 28.0 Å². The molecule has 10 heteroatoms. The number of ether oxygens (including phenoxy) is 1. The zero-order chi connectivity index (χ0) is 24.7. The molecule has 2 fully saturated rings. The number of aromatic nitrogens is 1. The molecule has 4 heterocycles. The Morgan fingerprint density at radius 3 is 2.46 bits per heavy atom. The van der Waals surface area contributed by atoms with Crippen LogP contribution in [0.4, 0.5) is 5.69 Å². The number of carbonyl (C=O) groups is 1. The largest absolute Gasteiger partial charge is 0.497 e. The van der Waals surface area contributed by atoms with Gasteiger partial charge < -0.3 is 19.1 Å². The number of piperidine rings is 2. The third-order valence-corrected chi connectivity index (χ3v) is 9.26. The maximum atomic E-state index is 13.3. The summed E-state index contributed by atoms with van der Waals surface area (Å²) in [6, 6.07) is 10.1. The van der Waals surface area contributed by atoms with E-state index in [9.17, 15) is 18.0 Å². The molecule has 1 aromatic carbocycles. The van der Waals surface area contributed by atoms with Crippen LogP contribution in [0.15, 0.2) is 46.1 Å². The fraction of sp³-hybridized carbons (Fsp3) is 0.520. The summed E-state index contributed by atoms with van der Waals surface area (Å²) in [5, 5.41) is 0. The van der Waals surface area contributed by atoms with Crippen molar-refractivity contribution in [3.05, 3.63) is 52.4 Å². The number of amides is 1. The lowest BCUT2D eigenvalue weighted by Crippen LogP contribution is -3.18. The lowest BCUT2D eigenvalue weighted by molar-refractivity contribution is -0.937. The minimum atomic E-state index is -3.89. The molecule has 2 saturated heterocycles. The minimum absolute atomic E-state index is 0.0744. The summed E-state index contributed by atoms with van der Waals surface area (Å²) in [7, 11) is -2.37. The first-order valence-corrected chi connectivity index (χ1v) is 13.7. The molecule has 3 aliphatic rings. The molecule has 35 heavy (non-hydrogen) atoms. The molecule has 1 amide bonds. The van der Waals surface area contributed by atoms with Crippen molar-refractivity contribution in [3.8, 4) is 5.75 Å². The molecule has 2 aromatic rings. The van der Waals surface area contributed by atoms with Crippen LogP contribution in [-0.4, -0.2) is 63.1 Å². The third kappa shape index (κ3) is 4.69. The maximum Gasteiger partial charge on any atom is 0.275 e. The molecule has 5 rings (SSSR count). The van der Waals surface area contributed by atoms with E-state index in [1.165, 1.54) is 19.2 Å². The number of carbonyl (C=O) groups excluding carboxylic acids is 1. The molecule has 188 valence electrons. The summed E-state index contributed by atoms with van der Waals surface area (Å²) in [4.78, 5) is 28.6. The Hall–Kier alpha value is -2.85. The lowest BCUT2D eigenvalue weighted by atomic mass is 9.82. The SMILES string of the molecule is COc1ccc(S(=O)(=O)Nc2ccc3n(c2=O)C[C@H]2C[C@@H]3C[NH+](C3CCN(C(C)=O)CC3)C2)cc1. The molecule has 1 aromatic heterocycles. The van der Waals surface area contributed by atoms with Crippen molar-refractivity contribution in [2.45, 2.75) is 49.6 Å². The summed E-state index contributed by atoms with van der Waals surface area (Å²) < 4.78 is 35.1. The van der Waals surface area contributed by atoms with Crippen LogP contribution in [0.25, 0.3) is 0 Å². The highest BCUT2D eigenvalue weighted by molar-refractivity contribution is 7.92. The number of rotatable bonds is 5. The predicted molar refractivity (Wildman–Crippen MR) is 131 cm³/mol. The van der Waals surface area contributed by atoms with Crippen LogP contribution in [0, 0.1) is 5.92 Å². The van der Waals surface area contributed by atoms with Gasteiger partial charge in [0, 0.05) is 56.9 Å². The molecule has 0 saturated carbocycles. The maximum absolute atomic E-state index is 13.3. The van der Waals surface area contributed by atoms with Gasteiger partial charge >= 0.3 is 0 Å². The number of likely N-dealkylation sites (tertiary alicyclic amines) is 2. The summed E-state index contributed by atoms with van der Waals surface area (Å²) in [5.41, 5.74) is 0.787. The van der Waals surface area contributed by atoms with Crippen LogP contribution in [0.1, 0.15) is 37.8 Å². The highest BCUT2D eigenvalue weighted by atomic mass is 32.2. The molecular formula is C25H33N4O5S+. The van der Waals surface area contributed by atoms with Gasteiger partial charge in [0.15, 0.2) is 0 Å². The van der Waals surface area contributed by atoms with Gasteiger partial charge in [0.25, 0.3) is 15.6 Å². The second-order valence-electron chi connectivity index (χ2n) is 10.0. The zero-order valence-corrected chi connectivity index (χ0v) is 21.0. The van der Waals surface area contributed by atoms with Crippen molar-refractivity contribution in [1.82, 2.24) is 9.47 Å². The average Bonchev–Trinajstić information content (AvgIpc) is 2.86. The van der Waals surface area contributed by atoms with E-state index in [2.05, 4.69) is 4.72 Å². The molecule has 1 unspecified atom stereocenters. The van der Waals surface area contributed by atoms with Crippen molar-refractivity contribution in [1.29, 1.82) is 0 Å².